The minimum absolute atomic E-state index is 0. The normalized spacial score (nSPS) is 10.9. The van der Waals surface area contributed by atoms with Crippen LogP contribution in [0.1, 0.15) is 11.1 Å². The number of pyridine rings is 2. The van der Waals surface area contributed by atoms with Crippen molar-refractivity contribution in [2.24, 2.45) is 0 Å². The van der Waals surface area contributed by atoms with Crippen LogP contribution < -0.4 is 0 Å². The molecule has 0 saturated carbocycles. The zero-order chi connectivity index (χ0) is 42.7. The molecule has 10 rings (SSSR count). The van der Waals surface area contributed by atoms with E-state index in [-0.39, 0.29) is 20.1 Å². The van der Waals surface area contributed by atoms with Crippen molar-refractivity contribution in [3.05, 3.63) is 228 Å². The van der Waals surface area contributed by atoms with Gasteiger partial charge >= 0.3 is 20.1 Å². The van der Waals surface area contributed by atoms with Crippen molar-refractivity contribution in [2.45, 2.75) is 13.8 Å². The van der Waals surface area contributed by atoms with Gasteiger partial charge in [-0.3, -0.25) is 9.97 Å². The first-order valence-corrected chi connectivity index (χ1v) is 21.6. The third-order valence-electron chi connectivity index (χ3n) is 11.2. The van der Waals surface area contributed by atoms with E-state index in [0.29, 0.717) is 5.82 Å². The summed E-state index contributed by atoms with van der Waals surface area (Å²) in [6.45, 7) is 4.18. The maximum atomic E-state index is 4.93. The van der Waals surface area contributed by atoms with Gasteiger partial charge in [-0.15, -0.1) is 101 Å². The van der Waals surface area contributed by atoms with Crippen LogP contribution >= 0.6 is 15.9 Å². The van der Waals surface area contributed by atoms with Crippen molar-refractivity contribution in [2.75, 3.05) is 0 Å². The van der Waals surface area contributed by atoms with E-state index in [2.05, 4.69) is 188 Å². The second kappa shape index (κ2) is 18.8. The van der Waals surface area contributed by atoms with Gasteiger partial charge in [-0.05, 0) is 90.8 Å². The van der Waals surface area contributed by atoms with Gasteiger partial charge in [-0.2, -0.15) is 0 Å². The summed E-state index contributed by atoms with van der Waals surface area (Å²) >= 11 is 3.57. The van der Waals surface area contributed by atoms with Crippen molar-refractivity contribution in [1.82, 2.24) is 19.9 Å². The summed E-state index contributed by atoms with van der Waals surface area (Å²) in [6, 6.07) is 69.1. The zero-order valence-corrected chi connectivity index (χ0v) is 39.0. The van der Waals surface area contributed by atoms with Gasteiger partial charge in [0.05, 0.1) is 5.82 Å². The summed E-state index contributed by atoms with van der Waals surface area (Å²) in [7, 11) is 0. The Morgan fingerprint density at radius 3 is 1.12 bits per heavy atom. The Morgan fingerprint density at radius 2 is 0.734 bits per heavy atom. The van der Waals surface area contributed by atoms with Crippen LogP contribution in [0.15, 0.2) is 199 Å². The van der Waals surface area contributed by atoms with Gasteiger partial charge in [0.15, 0.2) is 0 Å². The average molecular weight is 1060 g/mol. The largest absolute Gasteiger partial charge is 3.00 e. The molecule has 7 aromatic carbocycles. The third kappa shape index (κ3) is 8.95. The van der Waals surface area contributed by atoms with Crippen molar-refractivity contribution < 1.29 is 20.1 Å². The first-order chi connectivity index (χ1) is 30.9. The van der Waals surface area contributed by atoms with E-state index in [4.69, 9.17) is 19.9 Å². The maximum absolute atomic E-state index is 4.93. The number of aromatic nitrogens is 4. The van der Waals surface area contributed by atoms with Crippen LogP contribution in [-0.2, 0) is 20.1 Å². The molecule has 0 bridgehead atoms. The van der Waals surface area contributed by atoms with E-state index in [1.54, 1.807) is 0 Å². The molecule has 0 saturated heterocycles. The van der Waals surface area contributed by atoms with Crippen LogP contribution in [0.4, 0.5) is 0 Å². The molecule has 0 aliphatic carbocycles. The molecule has 3 heterocycles. The molecular weight excluding hydrogens is 1020 g/mol. The molecule has 64 heavy (non-hydrogen) atoms. The third-order valence-corrected chi connectivity index (χ3v) is 11.7. The second-order valence-electron chi connectivity index (χ2n) is 15.6. The molecule has 0 amide bonds. The molecule has 0 spiro atoms. The molecule has 4 nitrogen and oxygen atoms in total. The Balaban J connectivity index is 0.00000518. The molecular formula is C58H38BrIrN4. The SMILES string of the molecule is Cc1cc[c-]c(-c2ccc(-c3ccccc3-c3cc(-c4ccccc4-c4ccc(-c5[c-]ccc(C)c5)nc4)cc(-c4ccccc4-c4cnc(-c5[c-]ccc(Br)c5)nc4)c3)cn2)c1.[Ir+3]. The summed E-state index contributed by atoms with van der Waals surface area (Å²) in [6.07, 6.45) is 7.75. The Kier molecular flexibility index (Phi) is 12.4. The summed E-state index contributed by atoms with van der Waals surface area (Å²) < 4.78 is 0.955. The molecule has 0 N–H and O–H groups in total. The van der Waals surface area contributed by atoms with Gasteiger partial charge in [0.1, 0.15) is 0 Å². The molecule has 10 aromatic rings. The molecule has 0 radical (unpaired) electrons. The number of halogens is 1. The predicted molar refractivity (Wildman–Crippen MR) is 260 cm³/mol. The number of rotatable bonds is 9. The van der Waals surface area contributed by atoms with Gasteiger partial charge in [0, 0.05) is 30.4 Å². The van der Waals surface area contributed by atoms with Crippen LogP contribution in [0.5, 0.6) is 0 Å². The van der Waals surface area contributed by atoms with Gasteiger partial charge in [-0.25, -0.2) is 0 Å². The maximum Gasteiger partial charge on any atom is 3.00 e. The molecule has 0 aliphatic heterocycles. The van der Waals surface area contributed by atoms with E-state index in [1.807, 2.05) is 55.1 Å². The Bertz CT molecular complexity index is 2890. The summed E-state index contributed by atoms with van der Waals surface area (Å²) in [5.74, 6) is 0.620. The fraction of sp³-hybridized carbons (Fsp3) is 0.0345. The smallest absolute Gasteiger partial charge is 0.304 e. The summed E-state index contributed by atoms with van der Waals surface area (Å²) in [4.78, 5) is 19.5. The van der Waals surface area contributed by atoms with Crippen molar-refractivity contribution in [3.63, 3.8) is 0 Å². The van der Waals surface area contributed by atoms with Crippen LogP contribution in [0.25, 0.3) is 101 Å². The van der Waals surface area contributed by atoms with Crippen molar-refractivity contribution in [1.29, 1.82) is 0 Å². The van der Waals surface area contributed by atoms with E-state index in [1.165, 1.54) is 11.1 Å². The number of nitrogens with zero attached hydrogens (tertiary/aromatic N) is 4. The zero-order valence-electron chi connectivity index (χ0n) is 35.0. The standard InChI is InChI=1S/C58H38BrN4.Ir/c1-38-12-9-14-40(28-38)56-26-24-43(34-60-56)50-18-3-5-20-52(50)45-30-46(53-21-6-4-19-51(53)44-25-27-57(61-35-44)41-15-10-13-39(2)29-41)32-47(31-45)54-22-7-8-23-55(54)48-36-62-58(63-37-48)42-16-11-17-49(59)33-42;/h3-13,17-37H,1-2H3;/q-3;+3. The molecule has 3 aromatic heterocycles. The predicted octanol–water partition coefficient (Wildman–Crippen LogP) is 15.0. The molecule has 0 aliphatic rings. The van der Waals surface area contributed by atoms with Crippen LogP contribution in [0.3, 0.4) is 0 Å². The quantitative estimate of drug-likeness (QED) is 0.135. The van der Waals surface area contributed by atoms with E-state index in [9.17, 15) is 0 Å². The molecule has 306 valence electrons. The number of benzene rings is 7. The Morgan fingerprint density at radius 1 is 0.359 bits per heavy atom. The van der Waals surface area contributed by atoms with Crippen molar-refractivity contribution in [3.8, 4) is 101 Å². The molecule has 0 unspecified atom stereocenters. The minimum Gasteiger partial charge on any atom is -0.304 e. The Labute approximate surface area is 396 Å². The number of aryl methyl sites for hydroxylation is 2. The second-order valence-corrected chi connectivity index (χ2v) is 16.5. The van der Waals surface area contributed by atoms with Gasteiger partial charge in [-0.1, -0.05) is 131 Å². The molecule has 0 fully saturated rings. The summed E-state index contributed by atoms with van der Waals surface area (Å²) in [5.41, 5.74) is 19.7. The van der Waals surface area contributed by atoms with E-state index >= 15 is 0 Å². The summed E-state index contributed by atoms with van der Waals surface area (Å²) in [5, 5.41) is 0. The van der Waals surface area contributed by atoms with Gasteiger partial charge < -0.3 is 9.97 Å². The number of hydrogen-bond acceptors (Lipinski definition) is 4. The van der Waals surface area contributed by atoms with Crippen LogP contribution in [0, 0.1) is 32.0 Å². The van der Waals surface area contributed by atoms with E-state index in [0.717, 1.165) is 99.3 Å². The number of hydrogen-bond donors (Lipinski definition) is 0. The van der Waals surface area contributed by atoms with Crippen LogP contribution in [0.2, 0.25) is 0 Å². The fourth-order valence-corrected chi connectivity index (χ4v) is 8.47. The fourth-order valence-electron chi connectivity index (χ4n) is 8.11. The molecule has 6 heteroatoms. The van der Waals surface area contributed by atoms with Crippen LogP contribution in [-0.4, -0.2) is 19.9 Å². The van der Waals surface area contributed by atoms with E-state index < -0.39 is 0 Å². The minimum atomic E-state index is 0. The monoisotopic (exact) mass is 1060 g/mol. The van der Waals surface area contributed by atoms with Gasteiger partial charge in [0.2, 0.25) is 0 Å². The van der Waals surface area contributed by atoms with Gasteiger partial charge in [0.25, 0.3) is 0 Å². The molecule has 0 atom stereocenters. The first kappa shape index (κ1) is 42.4. The Hall–Kier alpha value is -6.95. The average Bonchev–Trinajstić information content (AvgIpc) is 3.34. The first-order valence-electron chi connectivity index (χ1n) is 20.8. The topological polar surface area (TPSA) is 51.6 Å². The van der Waals surface area contributed by atoms with Crippen molar-refractivity contribution >= 4 is 15.9 Å².